The van der Waals surface area contributed by atoms with Crippen molar-refractivity contribution >= 4 is 23.3 Å². The molecule has 1 heterocycles. The third kappa shape index (κ3) is 5.89. The van der Waals surface area contributed by atoms with Crippen molar-refractivity contribution in [2.75, 3.05) is 25.5 Å². The number of nitrogen functional groups attached to an aromatic ring is 1. The standard InChI is InChI=1S/C13H20ClN3O2/c1-9(2)3-5-19-6-4-16-13(18)10-7-12(15)17-8-11(10)14/h7-9H,3-6H2,1-2H3,(H2,15,17)(H,16,18). The summed E-state index contributed by atoms with van der Waals surface area (Å²) in [6.07, 6.45) is 2.38. The maximum atomic E-state index is 11.8. The Hall–Kier alpha value is -1.33. The number of halogens is 1. The molecule has 1 amide bonds. The SMILES string of the molecule is CC(C)CCOCCNC(=O)c1cc(N)ncc1Cl. The Balaban J connectivity index is 2.29. The number of pyridine rings is 1. The van der Waals surface area contributed by atoms with Gasteiger partial charge >= 0.3 is 0 Å². The van der Waals surface area contributed by atoms with Crippen molar-refractivity contribution in [2.24, 2.45) is 5.92 Å². The van der Waals surface area contributed by atoms with Gasteiger partial charge in [0.25, 0.3) is 5.91 Å². The van der Waals surface area contributed by atoms with Crippen LogP contribution < -0.4 is 11.1 Å². The molecule has 0 radical (unpaired) electrons. The average molecular weight is 286 g/mol. The fourth-order valence-electron chi connectivity index (χ4n) is 1.38. The molecule has 106 valence electrons. The Bertz CT molecular complexity index is 424. The molecule has 0 fully saturated rings. The van der Waals surface area contributed by atoms with Crippen molar-refractivity contribution < 1.29 is 9.53 Å². The van der Waals surface area contributed by atoms with E-state index in [9.17, 15) is 4.79 Å². The summed E-state index contributed by atoms with van der Waals surface area (Å²) >= 11 is 5.88. The number of hydrogen-bond donors (Lipinski definition) is 2. The van der Waals surface area contributed by atoms with Crippen molar-refractivity contribution in [2.45, 2.75) is 20.3 Å². The number of nitrogens with one attached hydrogen (secondary N) is 1. The topological polar surface area (TPSA) is 77.2 Å². The quantitative estimate of drug-likeness (QED) is 0.752. The summed E-state index contributed by atoms with van der Waals surface area (Å²) in [4.78, 5) is 15.6. The Morgan fingerprint density at radius 3 is 2.95 bits per heavy atom. The maximum absolute atomic E-state index is 11.8. The molecular weight excluding hydrogens is 266 g/mol. The van der Waals surface area contributed by atoms with Gasteiger partial charge < -0.3 is 15.8 Å². The fraction of sp³-hybridized carbons (Fsp3) is 0.538. The van der Waals surface area contributed by atoms with Gasteiger partial charge in [-0.3, -0.25) is 4.79 Å². The predicted octanol–water partition coefficient (Wildman–Crippen LogP) is 2.11. The lowest BCUT2D eigenvalue weighted by atomic mass is 10.1. The minimum absolute atomic E-state index is 0.266. The fourth-order valence-corrected chi connectivity index (χ4v) is 1.57. The van der Waals surface area contributed by atoms with E-state index in [1.165, 1.54) is 12.3 Å². The van der Waals surface area contributed by atoms with Crippen LogP contribution in [0.4, 0.5) is 5.82 Å². The van der Waals surface area contributed by atoms with Crippen molar-refractivity contribution in [3.05, 3.63) is 22.8 Å². The van der Waals surface area contributed by atoms with Crippen molar-refractivity contribution in [1.29, 1.82) is 0 Å². The van der Waals surface area contributed by atoms with Crippen LogP contribution in [0.3, 0.4) is 0 Å². The monoisotopic (exact) mass is 285 g/mol. The molecule has 0 spiro atoms. The predicted molar refractivity (Wildman–Crippen MR) is 76.3 cm³/mol. The molecule has 6 heteroatoms. The number of ether oxygens (including phenoxy) is 1. The van der Waals surface area contributed by atoms with E-state index < -0.39 is 0 Å². The van der Waals surface area contributed by atoms with E-state index in [0.717, 1.165) is 6.42 Å². The van der Waals surface area contributed by atoms with Crippen LogP contribution in [-0.4, -0.2) is 30.6 Å². The molecule has 0 aromatic carbocycles. The van der Waals surface area contributed by atoms with Crippen LogP contribution >= 0.6 is 11.6 Å². The van der Waals surface area contributed by atoms with Gasteiger partial charge in [0.2, 0.25) is 0 Å². The van der Waals surface area contributed by atoms with Crippen LogP contribution in [0.2, 0.25) is 5.02 Å². The second-order valence-electron chi connectivity index (χ2n) is 4.64. The van der Waals surface area contributed by atoms with E-state index >= 15 is 0 Å². The molecule has 0 unspecified atom stereocenters. The van der Waals surface area contributed by atoms with Gasteiger partial charge in [0.1, 0.15) is 5.82 Å². The second-order valence-corrected chi connectivity index (χ2v) is 5.05. The third-order valence-corrected chi connectivity index (χ3v) is 2.79. The first-order valence-electron chi connectivity index (χ1n) is 6.27. The molecule has 1 rings (SSSR count). The van der Waals surface area contributed by atoms with Gasteiger partial charge in [0.15, 0.2) is 0 Å². The molecule has 1 aromatic heterocycles. The number of nitrogens with zero attached hydrogens (tertiary/aromatic N) is 1. The van der Waals surface area contributed by atoms with Gasteiger partial charge in [-0.1, -0.05) is 25.4 Å². The number of rotatable bonds is 7. The summed E-state index contributed by atoms with van der Waals surface area (Å²) in [6, 6.07) is 1.46. The highest BCUT2D eigenvalue weighted by Crippen LogP contribution is 2.16. The second kappa shape index (κ2) is 7.96. The normalized spacial score (nSPS) is 10.7. The largest absolute Gasteiger partial charge is 0.384 e. The minimum Gasteiger partial charge on any atom is -0.384 e. The molecule has 0 aliphatic heterocycles. The molecule has 19 heavy (non-hydrogen) atoms. The van der Waals surface area contributed by atoms with E-state index in [4.69, 9.17) is 22.1 Å². The lowest BCUT2D eigenvalue weighted by Gasteiger charge is -2.08. The van der Waals surface area contributed by atoms with Crippen LogP contribution in [-0.2, 0) is 4.74 Å². The molecule has 0 aliphatic carbocycles. The summed E-state index contributed by atoms with van der Waals surface area (Å²) in [6.45, 7) is 5.91. The van der Waals surface area contributed by atoms with Gasteiger partial charge in [-0.15, -0.1) is 0 Å². The molecule has 5 nitrogen and oxygen atoms in total. The minimum atomic E-state index is -0.272. The van der Waals surface area contributed by atoms with Gasteiger partial charge in [0, 0.05) is 19.3 Å². The zero-order chi connectivity index (χ0) is 14.3. The highest BCUT2D eigenvalue weighted by Gasteiger charge is 2.10. The number of carbonyl (C=O) groups is 1. The van der Waals surface area contributed by atoms with Crippen LogP contribution in [0, 0.1) is 5.92 Å². The molecule has 0 bridgehead atoms. The summed E-state index contributed by atoms with van der Waals surface area (Å²) in [5, 5.41) is 3.01. The van der Waals surface area contributed by atoms with Gasteiger partial charge in [0.05, 0.1) is 17.2 Å². The molecule has 0 saturated carbocycles. The summed E-state index contributed by atoms with van der Waals surface area (Å²) in [7, 11) is 0. The Labute approximate surface area is 118 Å². The van der Waals surface area contributed by atoms with E-state index in [0.29, 0.717) is 31.2 Å². The number of anilines is 1. The van der Waals surface area contributed by atoms with Crippen LogP contribution in [0.15, 0.2) is 12.3 Å². The van der Waals surface area contributed by atoms with Crippen molar-refractivity contribution in [3.63, 3.8) is 0 Å². The van der Waals surface area contributed by atoms with Crippen molar-refractivity contribution in [3.8, 4) is 0 Å². The van der Waals surface area contributed by atoms with Crippen LogP contribution in [0.25, 0.3) is 0 Å². The number of amides is 1. The van der Waals surface area contributed by atoms with E-state index in [-0.39, 0.29) is 16.7 Å². The van der Waals surface area contributed by atoms with E-state index in [1.54, 1.807) is 0 Å². The smallest absolute Gasteiger partial charge is 0.253 e. The number of aromatic nitrogens is 1. The molecule has 0 aliphatic rings. The molecule has 1 aromatic rings. The Morgan fingerprint density at radius 2 is 2.26 bits per heavy atom. The molecule has 3 N–H and O–H groups in total. The number of hydrogen-bond acceptors (Lipinski definition) is 4. The third-order valence-electron chi connectivity index (χ3n) is 2.49. The number of carbonyl (C=O) groups excluding carboxylic acids is 1. The Kier molecular flexibility index (Phi) is 6.59. The number of nitrogens with two attached hydrogens (primary N) is 1. The summed E-state index contributed by atoms with van der Waals surface area (Å²) in [5.74, 6) is 0.613. The average Bonchev–Trinajstić information content (AvgIpc) is 2.36. The first kappa shape index (κ1) is 15.7. The van der Waals surface area contributed by atoms with Gasteiger partial charge in [-0.25, -0.2) is 4.98 Å². The molecule has 0 saturated heterocycles. The van der Waals surface area contributed by atoms with Crippen molar-refractivity contribution in [1.82, 2.24) is 10.3 Å². The zero-order valence-electron chi connectivity index (χ0n) is 11.3. The lowest BCUT2D eigenvalue weighted by Crippen LogP contribution is -2.27. The highest BCUT2D eigenvalue weighted by molar-refractivity contribution is 6.33. The van der Waals surface area contributed by atoms with Crippen LogP contribution in [0.1, 0.15) is 30.6 Å². The summed E-state index contributed by atoms with van der Waals surface area (Å²) < 4.78 is 5.40. The first-order valence-corrected chi connectivity index (χ1v) is 6.65. The van der Waals surface area contributed by atoms with E-state index in [2.05, 4.69) is 24.1 Å². The van der Waals surface area contributed by atoms with Crippen LogP contribution in [0.5, 0.6) is 0 Å². The summed E-state index contributed by atoms with van der Waals surface area (Å²) in [5.41, 5.74) is 5.84. The van der Waals surface area contributed by atoms with Gasteiger partial charge in [-0.2, -0.15) is 0 Å². The van der Waals surface area contributed by atoms with E-state index in [1.807, 2.05) is 0 Å². The lowest BCUT2D eigenvalue weighted by molar-refractivity contribution is 0.0906. The molecule has 0 atom stereocenters. The highest BCUT2D eigenvalue weighted by atomic mass is 35.5. The molecular formula is C13H20ClN3O2. The Morgan fingerprint density at radius 1 is 1.53 bits per heavy atom. The zero-order valence-corrected chi connectivity index (χ0v) is 12.0. The first-order chi connectivity index (χ1) is 9.00. The maximum Gasteiger partial charge on any atom is 0.253 e. The van der Waals surface area contributed by atoms with Gasteiger partial charge in [-0.05, 0) is 18.4 Å².